The second-order valence-electron chi connectivity index (χ2n) is 7.62. The highest BCUT2D eigenvalue weighted by Crippen LogP contribution is 2.34. The Morgan fingerprint density at radius 3 is 2.45 bits per heavy atom. The van der Waals surface area contributed by atoms with Gasteiger partial charge >= 0.3 is 0 Å². The van der Waals surface area contributed by atoms with E-state index < -0.39 is 0 Å². The molecule has 1 aromatic heterocycles. The molecule has 1 atom stereocenters. The molecule has 0 fully saturated rings. The highest BCUT2D eigenvalue weighted by Gasteiger charge is 2.20. The number of carbonyl (C=O) groups excluding carboxylic acids is 2. The number of carbonyl (C=O) groups is 2. The van der Waals surface area contributed by atoms with E-state index in [1.807, 2.05) is 56.3 Å². The molecule has 3 rings (SSSR count). The van der Waals surface area contributed by atoms with Gasteiger partial charge in [0, 0.05) is 30.8 Å². The number of amides is 2. The van der Waals surface area contributed by atoms with Crippen molar-refractivity contribution in [3.8, 4) is 28.3 Å². The second-order valence-corrected chi connectivity index (χ2v) is 7.62. The molecular weight excluding hydrogens is 420 g/mol. The van der Waals surface area contributed by atoms with Crippen LogP contribution in [0, 0.1) is 0 Å². The Bertz CT molecular complexity index is 1100. The number of para-hydroxylation sites is 1. The predicted molar refractivity (Wildman–Crippen MR) is 127 cm³/mol. The molecule has 2 amide bonds. The molecule has 0 saturated carbocycles. The van der Waals surface area contributed by atoms with Gasteiger partial charge in [-0.25, -0.2) is 4.68 Å². The van der Waals surface area contributed by atoms with Gasteiger partial charge in [0.25, 0.3) is 5.91 Å². The highest BCUT2D eigenvalue weighted by molar-refractivity contribution is 5.99. The van der Waals surface area contributed by atoms with E-state index in [4.69, 9.17) is 9.47 Å². The van der Waals surface area contributed by atoms with Crippen molar-refractivity contribution in [3.63, 3.8) is 0 Å². The Balaban J connectivity index is 1.87. The third kappa shape index (κ3) is 5.91. The topological polar surface area (TPSA) is 94.5 Å². The Hall–Kier alpha value is -3.81. The molecule has 0 aliphatic carbocycles. The average Bonchev–Trinajstić information content (AvgIpc) is 3.29. The molecular formula is C25H30N4O4. The summed E-state index contributed by atoms with van der Waals surface area (Å²) in [6, 6.07) is 15.1. The fourth-order valence-corrected chi connectivity index (χ4v) is 3.29. The number of rotatable bonds is 10. The van der Waals surface area contributed by atoms with E-state index in [2.05, 4.69) is 15.7 Å². The minimum Gasteiger partial charge on any atom is -0.493 e. The molecule has 0 aliphatic heterocycles. The highest BCUT2D eigenvalue weighted by atomic mass is 16.5. The molecule has 3 aromatic rings. The van der Waals surface area contributed by atoms with Crippen molar-refractivity contribution >= 4 is 11.8 Å². The van der Waals surface area contributed by atoms with E-state index in [1.54, 1.807) is 31.2 Å². The van der Waals surface area contributed by atoms with Gasteiger partial charge in [0.2, 0.25) is 5.91 Å². The van der Waals surface area contributed by atoms with E-state index in [-0.39, 0.29) is 36.5 Å². The maximum Gasteiger partial charge on any atom is 0.272 e. The summed E-state index contributed by atoms with van der Waals surface area (Å²) in [6.45, 7) is 4.16. The smallest absolute Gasteiger partial charge is 0.272 e. The fourth-order valence-electron chi connectivity index (χ4n) is 3.29. The number of hydrogen-bond donors (Lipinski definition) is 2. The summed E-state index contributed by atoms with van der Waals surface area (Å²) in [4.78, 5) is 25.1. The number of nitrogens with one attached hydrogen (secondary N) is 2. The van der Waals surface area contributed by atoms with Crippen molar-refractivity contribution in [2.75, 3.05) is 20.8 Å². The first-order valence-electron chi connectivity index (χ1n) is 10.9. The maximum atomic E-state index is 13.0. The summed E-state index contributed by atoms with van der Waals surface area (Å²) in [5, 5.41) is 10.3. The molecule has 0 bridgehead atoms. The first kappa shape index (κ1) is 23.8. The van der Waals surface area contributed by atoms with Gasteiger partial charge in [-0.3, -0.25) is 9.59 Å². The Morgan fingerprint density at radius 2 is 1.79 bits per heavy atom. The van der Waals surface area contributed by atoms with Crippen LogP contribution in [-0.2, 0) is 4.79 Å². The molecule has 1 heterocycles. The van der Waals surface area contributed by atoms with Crippen LogP contribution >= 0.6 is 0 Å². The van der Waals surface area contributed by atoms with Crippen LogP contribution in [0.3, 0.4) is 0 Å². The molecule has 0 spiro atoms. The van der Waals surface area contributed by atoms with Gasteiger partial charge in [-0.15, -0.1) is 0 Å². The van der Waals surface area contributed by atoms with E-state index >= 15 is 0 Å². The summed E-state index contributed by atoms with van der Waals surface area (Å²) in [5.74, 6) is 0.691. The van der Waals surface area contributed by atoms with E-state index in [0.717, 1.165) is 17.7 Å². The fraction of sp³-hybridized carbons (Fsp3) is 0.320. The summed E-state index contributed by atoms with van der Waals surface area (Å²) in [5.41, 5.74) is 2.48. The van der Waals surface area contributed by atoms with Crippen molar-refractivity contribution in [1.82, 2.24) is 20.4 Å². The standard InChI is InChI=1S/C25H30N4O4/c1-5-17(2)27-23(30)13-14-26-25(31)24-20(16-29(28-24)19-9-7-6-8-10-19)18-11-12-21(32-3)22(15-18)33-4/h6-12,15-17H,5,13-14H2,1-4H3,(H,26,31)(H,27,30). The largest absolute Gasteiger partial charge is 0.493 e. The molecule has 0 radical (unpaired) electrons. The van der Waals surface area contributed by atoms with Crippen LogP contribution in [0.2, 0.25) is 0 Å². The summed E-state index contributed by atoms with van der Waals surface area (Å²) in [7, 11) is 3.13. The van der Waals surface area contributed by atoms with Gasteiger partial charge in [0.15, 0.2) is 17.2 Å². The van der Waals surface area contributed by atoms with Crippen molar-refractivity contribution in [2.24, 2.45) is 0 Å². The monoisotopic (exact) mass is 450 g/mol. The zero-order chi connectivity index (χ0) is 23.8. The summed E-state index contributed by atoms with van der Waals surface area (Å²) >= 11 is 0. The second kappa shape index (κ2) is 11.2. The molecule has 2 N–H and O–H groups in total. The Morgan fingerprint density at radius 1 is 1.06 bits per heavy atom. The minimum absolute atomic E-state index is 0.0976. The van der Waals surface area contributed by atoms with Crippen LogP contribution in [0.5, 0.6) is 11.5 Å². The molecule has 0 saturated heterocycles. The van der Waals surface area contributed by atoms with Crippen molar-refractivity contribution in [2.45, 2.75) is 32.7 Å². The lowest BCUT2D eigenvalue weighted by Gasteiger charge is -2.11. The lowest BCUT2D eigenvalue weighted by Crippen LogP contribution is -2.35. The molecule has 174 valence electrons. The van der Waals surface area contributed by atoms with Crippen LogP contribution in [-0.4, -0.2) is 48.4 Å². The molecule has 33 heavy (non-hydrogen) atoms. The number of benzene rings is 2. The van der Waals surface area contributed by atoms with Gasteiger partial charge in [-0.05, 0) is 43.2 Å². The summed E-state index contributed by atoms with van der Waals surface area (Å²) in [6.07, 6.45) is 2.85. The molecule has 8 nitrogen and oxygen atoms in total. The Labute approximate surface area is 193 Å². The van der Waals surface area contributed by atoms with E-state index in [1.165, 1.54) is 0 Å². The van der Waals surface area contributed by atoms with Crippen LogP contribution in [0.25, 0.3) is 16.8 Å². The van der Waals surface area contributed by atoms with Crippen LogP contribution in [0.15, 0.2) is 54.7 Å². The maximum absolute atomic E-state index is 13.0. The zero-order valence-electron chi connectivity index (χ0n) is 19.4. The molecule has 2 aromatic carbocycles. The Kier molecular flexibility index (Phi) is 8.07. The molecule has 1 unspecified atom stereocenters. The van der Waals surface area contributed by atoms with E-state index in [9.17, 15) is 9.59 Å². The lowest BCUT2D eigenvalue weighted by molar-refractivity contribution is -0.121. The normalized spacial score (nSPS) is 11.5. The zero-order valence-corrected chi connectivity index (χ0v) is 19.4. The number of ether oxygens (including phenoxy) is 2. The van der Waals surface area contributed by atoms with Crippen LogP contribution in [0.1, 0.15) is 37.2 Å². The quantitative estimate of drug-likeness (QED) is 0.492. The third-order valence-electron chi connectivity index (χ3n) is 5.30. The first-order chi connectivity index (χ1) is 16.0. The number of methoxy groups -OCH3 is 2. The van der Waals surface area contributed by atoms with Crippen LogP contribution in [0.4, 0.5) is 0 Å². The number of aromatic nitrogens is 2. The van der Waals surface area contributed by atoms with Gasteiger partial charge in [0.1, 0.15) is 0 Å². The average molecular weight is 451 g/mol. The van der Waals surface area contributed by atoms with Crippen molar-refractivity contribution in [1.29, 1.82) is 0 Å². The van der Waals surface area contributed by atoms with Crippen molar-refractivity contribution < 1.29 is 19.1 Å². The number of hydrogen-bond acceptors (Lipinski definition) is 5. The first-order valence-corrected chi connectivity index (χ1v) is 10.9. The lowest BCUT2D eigenvalue weighted by atomic mass is 10.1. The van der Waals surface area contributed by atoms with E-state index in [0.29, 0.717) is 17.1 Å². The van der Waals surface area contributed by atoms with Gasteiger partial charge in [-0.2, -0.15) is 5.10 Å². The summed E-state index contributed by atoms with van der Waals surface area (Å²) < 4.78 is 12.4. The SMILES string of the molecule is CCC(C)NC(=O)CCNC(=O)c1nn(-c2ccccc2)cc1-c1ccc(OC)c(OC)c1. The van der Waals surface area contributed by atoms with Gasteiger partial charge in [-0.1, -0.05) is 31.2 Å². The number of nitrogens with zero attached hydrogens (tertiary/aromatic N) is 2. The molecule has 8 heteroatoms. The third-order valence-corrected chi connectivity index (χ3v) is 5.30. The van der Waals surface area contributed by atoms with Gasteiger partial charge in [0.05, 0.1) is 19.9 Å². The van der Waals surface area contributed by atoms with Crippen LogP contribution < -0.4 is 20.1 Å². The molecule has 0 aliphatic rings. The minimum atomic E-state index is -0.356. The van der Waals surface area contributed by atoms with Gasteiger partial charge < -0.3 is 20.1 Å². The van der Waals surface area contributed by atoms with Crippen molar-refractivity contribution in [3.05, 3.63) is 60.4 Å². The predicted octanol–water partition coefficient (Wildman–Crippen LogP) is 3.59.